The Morgan fingerprint density at radius 2 is 1.19 bits per heavy atom. The number of aromatic amines is 1. The second kappa shape index (κ2) is 28.1. The van der Waals surface area contributed by atoms with Crippen molar-refractivity contribution in [2.75, 3.05) is 24.0 Å². The SMILES string of the molecule is CSCC[C@H](NC(=O)[C@H](CC(C)C)NC(=O)[C@H](Cc1cnc[nH]1)NC(=O)[C@@H](NC(=O)[C@@H](CCSC)NC(=O)[C@@H](N)Cc1ccc(O)cc1)[C@@H](C)c1ccccc1)C(=O)N[C@@H](CC(=O)O)C(N)=O. The molecule has 0 fully saturated rings. The Hall–Kier alpha value is -6.13. The quantitative estimate of drug-likeness (QED) is 0.0450. The van der Waals surface area contributed by atoms with Gasteiger partial charge in [0.2, 0.25) is 41.4 Å². The number of amides is 7. The number of nitrogens with two attached hydrogens (primary N) is 2. The van der Waals surface area contributed by atoms with Crippen molar-refractivity contribution in [1.82, 2.24) is 41.9 Å². The van der Waals surface area contributed by atoms with Gasteiger partial charge in [0, 0.05) is 24.2 Å². The smallest absolute Gasteiger partial charge is 0.305 e. The van der Waals surface area contributed by atoms with Gasteiger partial charge < -0.3 is 58.6 Å². The summed E-state index contributed by atoms with van der Waals surface area (Å²) in [4.78, 5) is 114. The molecule has 20 nitrogen and oxygen atoms in total. The Balaban J connectivity index is 1.93. The number of imidazole rings is 1. The molecule has 366 valence electrons. The number of phenolic OH excluding ortho intramolecular Hbond substituents is 1. The molecule has 0 bridgehead atoms. The van der Waals surface area contributed by atoms with Crippen LogP contribution >= 0.6 is 23.5 Å². The Morgan fingerprint density at radius 3 is 1.73 bits per heavy atom. The van der Waals surface area contributed by atoms with Gasteiger partial charge in [-0.1, -0.05) is 63.2 Å². The molecule has 22 heteroatoms. The third kappa shape index (κ3) is 18.9. The number of thioether (sulfide) groups is 2. The second-order valence-electron chi connectivity index (χ2n) is 16.4. The van der Waals surface area contributed by atoms with E-state index in [1.807, 2.05) is 20.1 Å². The van der Waals surface area contributed by atoms with E-state index in [1.165, 1.54) is 48.2 Å². The molecular formula is C45H64N10O10S2. The van der Waals surface area contributed by atoms with E-state index in [1.54, 1.807) is 55.6 Å². The van der Waals surface area contributed by atoms with Gasteiger partial charge in [-0.15, -0.1) is 0 Å². The van der Waals surface area contributed by atoms with Crippen LogP contribution in [0.4, 0.5) is 0 Å². The highest BCUT2D eigenvalue weighted by Crippen LogP contribution is 2.21. The predicted molar refractivity (Wildman–Crippen MR) is 255 cm³/mol. The Kier molecular flexibility index (Phi) is 23.2. The maximum atomic E-state index is 14.6. The molecule has 1 heterocycles. The van der Waals surface area contributed by atoms with Crippen LogP contribution in [0, 0.1) is 5.92 Å². The molecule has 0 saturated carbocycles. The highest BCUT2D eigenvalue weighted by molar-refractivity contribution is 7.98. The number of carboxylic acids is 1. The molecule has 2 aromatic carbocycles. The average molecular weight is 969 g/mol. The van der Waals surface area contributed by atoms with Gasteiger partial charge in [-0.2, -0.15) is 23.5 Å². The number of aliphatic carboxylic acids is 1. The van der Waals surface area contributed by atoms with Crippen LogP contribution in [0.1, 0.15) is 69.2 Å². The first kappa shape index (κ1) is 55.2. The van der Waals surface area contributed by atoms with Gasteiger partial charge >= 0.3 is 5.97 Å². The van der Waals surface area contributed by atoms with Crippen molar-refractivity contribution in [3.05, 3.63) is 83.9 Å². The summed E-state index contributed by atoms with van der Waals surface area (Å²) in [5.41, 5.74) is 13.4. The number of hydrogen-bond acceptors (Lipinski definition) is 13. The number of carbonyl (C=O) groups excluding carboxylic acids is 7. The lowest BCUT2D eigenvalue weighted by Crippen LogP contribution is -2.61. The van der Waals surface area contributed by atoms with Crippen molar-refractivity contribution >= 4 is 70.8 Å². The van der Waals surface area contributed by atoms with Crippen molar-refractivity contribution in [2.45, 2.75) is 108 Å². The predicted octanol–water partition coefficient (Wildman–Crippen LogP) is 0.453. The Morgan fingerprint density at radius 1 is 0.672 bits per heavy atom. The number of nitrogens with one attached hydrogen (secondary N) is 7. The van der Waals surface area contributed by atoms with E-state index < -0.39 is 102 Å². The lowest BCUT2D eigenvalue weighted by Gasteiger charge is -2.30. The van der Waals surface area contributed by atoms with Gasteiger partial charge in [-0.05, 0) is 78.9 Å². The average Bonchev–Trinajstić information content (AvgIpc) is 3.81. The minimum Gasteiger partial charge on any atom is -0.508 e. The van der Waals surface area contributed by atoms with Gasteiger partial charge in [-0.3, -0.25) is 38.4 Å². The number of aromatic hydroxyl groups is 1. The number of carboxylic acid groups (broad SMARTS) is 1. The number of hydrogen-bond donors (Lipinski definition) is 11. The van der Waals surface area contributed by atoms with Crippen LogP contribution in [0.15, 0.2) is 67.1 Å². The van der Waals surface area contributed by atoms with E-state index in [0.717, 1.165) is 0 Å². The van der Waals surface area contributed by atoms with Gasteiger partial charge in [0.15, 0.2) is 0 Å². The van der Waals surface area contributed by atoms with Gasteiger partial charge in [0.05, 0.1) is 18.8 Å². The van der Waals surface area contributed by atoms with Crippen molar-refractivity contribution in [3.8, 4) is 5.75 Å². The fraction of sp³-hybridized carbons (Fsp3) is 0.489. The largest absolute Gasteiger partial charge is 0.508 e. The summed E-state index contributed by atoms with van der Waals surface area (Å²) in [5.74, 6) is -6.81. The lowest BCUT2D eigenvalue weighted by atomic mass is 9.91. The van der Waals surface area contributed by atoms with E-state index in [0.29, 0.717) is 28.3 Å². The number of carbonyl (C=O) groups is 8. The number of aromatic nitrogens is 2. The van der Waals surface area contributed by atoms with Crippen LogP contribution in [0.3, 0.4) is 0 Å². The zero-order valence-corrected chi connectivity index (χ0v) is 39.9. The summed E-state index contributed by atoms with van der Waals surface area (Å²) in [6.07, 6.45) is 6.05. The van der Waals surface area contributed by atoms with Crippen molar-refractivity contribution < 1.29 is 48.6 Å². The molecule has 0 saturated heterocycles. The van der Waals surface area contributed by atoms with Gasteiger partial charge in [0.1, 0.15) is 42.0 Å². The minimum absolute atomic E-state index is 0.0552. The number of benzene rings is 2. The summed E-state index contributed by atoms with van der Waals surface area (Å²) < 4.78 is 0. The normalized spacial score (nSPS) is 14.7. The standard InChI is InChI=1S/C45H64N10O10S2/c1-25(2)19-35(43(63)51-32(15-17-66-4)41(61)52-34(39(47)59)22-37(57)58)53-44(64)36(21-29-23-48-24-49-29)54-45(65)38(26(3)28-9-7-6-8-10-28)55-42(62)33(16-18-67-5)50-40(60)31(46)20-27-11-13-30(56)14-12-27/h6-14,23-26,31-36,38,56H,15-22,46H2,1-5H3,(H2,47,59)(H,48,49)(H,50,60)(H,51,63)(H,52,61)(H,53,64)(H,54,65)(H,55,62)(H,57,58)/t26-,31-,32-,33+,34-,35-,36-,38-/m0/s1. The molecule has 0 aliphatic heterocycles. The molecule has 0 unspecified atom stereocenters. The fourth-order valence-electron chi connectivity index (χ4n) is 6.89. The van der Waals surface area contributed by atoms with Crippen LogP contribution in [-0.2, 0) is 51.2 Å². The third-order valence-electron chi connectivity index (χ3n) is 10.6. The first-order valence-electron chi connectivity index (χ1n) is 21.7. The molecule has 8 atom stereocenters. The molecule has 3 aromatic rings. The first-order chi connectivity index (χ1) is 31.8. The molecular weight excluding hydrogens is 905 g/mol. The number of phenols is 1. The fourth-order valence-corrected chi connectivity index (χ4v) is 7.83. The number of primary amides is 1. The van der Waals surface area contributed by atoms with Crippen LogP contribution in [0.5, 0.6) is 5.75 Å². The Labute approximate surface area is 398 Å². The molecule has 0 radical (unpaired) electrons. The second-order valence-corrected chi connectivity index (χ2v) is 18.4. The molecule has 0 spiro atoms. The van der Waals surface area contributed by atoms with E-state index >= 15 is 0 Å². The molecule has 0 aliphatic carbocycles. The number of H-pyrrole nitrogens is 1. The summed E-state index contributed by atoms with van der Waals surface area (Å²) in [6.45, 7) is 5.36. The van der Waals surface area contributed by atoms with Gasteiger partial charge in [0.25, 0.3) is 0 Å². The van der Waals surface area contributed by atoms with Crippen molar-refractivity contribution in [1.29, 1.82) is 0 Å². The molecule has 1 aromatic heterocycles. The number of rotatable bonds is 29. The topological polar surface area (TPSA) is 330 Å². The summed E-state index contributed by atoms with van der Waals surface area (Å²) in [7, 11) is 0. The maximum Gasteiger partial charge on any atom is 0.305 e. The summed E-state index contributed by atoms with van der Waals surface area (Å²) in [5, 5.41) is 34.9. The molecule has 13 N–H and O–H groups in total. The molecule has 0 aliphatic rings. The third-order valence-corrected chi connectivity index (χ3v) is 11.9. The van der Waals surface area contributed by atoms with Crippen molar-refractivity contribution in [3.63, 3.8) is 0 Å². The van der Waals surface area contributed by atoms with Crippen LogP contribution < -0.4 is 43.4 Å². The summed E-state index contributed by atoms with van der Waals surface area (Å²) >= 11 is 2.82. The van der Waals surface area contributed by atoms with E-state index in [-0.39, 0.29) is 43.8 Å². The molecule has 67 heavy (non-hydrogen) atoms. The van der Waals surface area contributed by atoms with Crippen molar-refractivity contribution in [2.24, 2.45) is 17.4 Å². The zero-order chi connectivity index (χ0) is 49.6. The van der Waals surface area contributed by atoms with Crippen LogP contribution in [0.2, 0.25) is 0 Å². The van der Waals surface area contributed by atoms with E-state index in [9.17, 15) is 48.6 Å². The molecule has 3 rings (SSSR count). The Bertz CT molecular complexity index is 2100. The van der Waals surface area contributed by atoms with Crippen LogP contribution in [-0.4, -0.2) is 134 Å². The first-order valence-corrected chi connectivity index (χ1v) is 24.5. The lowest BCUT2D eigenvalue weighted by molar-refractivity contribution is -0.140. The van der Waals surface area contributed by atoms with E-state index in [2.05, 4.69) is 41.9 Å². The number of nitrogens with zero attached hydrogens (tertiary/aromatic N) is 1. The van der Waals surface area contributed by atoms with Crippen LogP contribution in [0.25, 0.3) is 0 Å². The van der Waals surface area contributed by atoms with Gasteiger partial charge in [-0.25, -0.2) is 4.98 Å². The summed E-state index contributed by atoms with van der Waals surface area (Å²) in [6, 6.07) is 6.27. The highest BCUT2D eigenvalue weighted by Gasteiger charge is 2.36. The monoisotopic (exact) mass is 968 g/mol. The highest BCUT2D eigenvalue weighted by atomic mass is 32.2. The maximum absolute atomic E-state index is 14.6. The molecule has 7 amide bonds. The zero-order valence-electron chi connectivity index (χ0n) is 38.3. The van der Waals surface area contributed by atoms with E-state index in [4.69, 9.17) is 11.5 Å². The minimum atomic E-state index is -1.55.